The lowest BCUT2D eigenvalue weighted by Crippen LogP contribution is -2.01. The maximum atomic E-state index is 4.15. The molecule has 46 heavy (non-hydrogen) atoms. The van der Waals surface area contributed by atoms with Crippen molar-refractivity contribution in [3.05, 3.63) is 162 Å². The molecule has 0 aliphatic carbocycles. The first-order valence-electron chi connectivity index (χ1n) is 15.6. The topological polar surface area (TPSA) is 14.8 Å². The van der Waals surface area contributed by atoms with Crippen molar-refractivity contribution in [2.75, 3.05) is 0 Å². The van der Waals surface area contributed by atoms with Gasteiger partial charge in [-0.25, -0.2) is 0 Å². The summed E-state index contributed by atoms with van der Waals surface area (Å²) in [6, 6.07) is 56.9. The molecule has 4 heteroatoms. The third-order valence-electron chi connectivity index (χ3n) is 9.50. The second kappa shape index (κ2) is 9.71. The number of aromatic nitrogens is 3. The zero-order chi connectivity index (χ0) is 30.4. The molecule has 0 radical (unpaired) electrons. The van der Waals surface area contributed by atoms with Crippen LogP contribution in [0.3, 0.4) is 0 Å². The SMILES string of the molecule is Brc1c(-n2c3ccccc3c3ccccc32)cccc1-n1c2ccccc2c2c1ccc1c3ccccc3n(-c3ccccc3)c12. The monoisotopic (exact) mass is 651 g/mol. The standard InChI is InChI=1S/C42H26BrN3/c43-41-38(45-34-20-9-4-15-28(34)29-16-5-10-21-35(29)45)23-12-24-39(41)46-36-22-11-7-18-32(36)40-37(46)26-25-31-30-17-6-8-19-33(30)44(42(31)40)27-13-2-1-3-14-27/h1-26H. The van der Waals surface area contributed by atoms with Gasteiger partial charge in [-0.05, 0) is 70.5 Å². The van der Waals surface area contributed by atoms with Crippen molar-refractivity contribution in [1.82, 2.24) is 13.7 Å². The fraction of sp³-hybridized carbons (Fsp3) is 0. The van der Waals surface area contributed by atoms with Crippen molar-refractivity contribution in [1.29, 1.82) is 0 Å². The molecule has 3 nitrogen and oxygen atoms in total. The number of benzene rings is 7. The Morgan fingerprint density at radius 3 is 1.39 bits per heavy atom. The largest absolute Gasteiger partial charge is 0.309 e. The lowest BCUT2D eigenvalue weighted by atomic mass is 10.1. The maximum absolute atomic E-state index is 4.15. The van der Waals surface area contributed by atoms with Gasteiger partial charge in [0.15, 0.2) is 0 Å². The van der Waals surface area contributed by atoms with Gasteiger partial charge in [0.25, 0.3) is 0 Å². The molecule has 0 atom stereocenters. The summed E-state index contributed by atoms with van der Waals surface area (Å²) < 4.78 is 8.30. The van der Waals surface area contributed by atoms with Gasteiger partial charge in [0.1, 0.15) is 0 Å². The van der Waals surface area contributed by atoms with Crippen molar-refractivity contribution in [2.24, 2.45) is 0 Å². The molecule has 0 spiro atoms. The maximum Gasteiger partial charge on any atom is 0.0656 e. The van der Waals surface area contributed by atoms with Gasteiger partial charge in [0, 0.05) is 38.0 Å². The van der Waals surface area contributed by atoms with Gasteiger partial charge in [-0.15, -0.1) is 0 Å². The van der Waals surface area contributed by atoms with E-state index in [1.807, 2.05) is 0 Å². The van der Waals surface area contributed by atoms with Gasteiger partial charge in [-0.2, -0.15) is 0 Å². The first-order chi connectivity index (χ1) is 22.8. The van der Waals surface area contributed by atoms with E-state index in [4.69, 9.17) is 0 Å². The highest BCUT2D eigenvalue weighted by atomic mass is 79.9. The first-order valence-corrected chi connectivity index (χ1v) is 16.4. The highest BCUT2D eigenvalue weighted by Gasteiger charge is 2.22. The second-order valence-corrected chi connectivity index (χ2v) is 12.7. The van der Waals surface area contributed by atoms with Gasteiger partial charge >= 0.3 is 0 Å². The molecule has 0 saturated heterocycles. The predicted octanol–water partition coefficient (Wildman–Crippen LogP) is 11.7. The van der Waals surface area contributed by atoms with Crippen LogP contribution in [0.15, 0.2) is 162 Å². The molecule has 0 N–H and O–H groups in total. The van der Waals surface area contributed by atoms with Crippen LogP contribution in [0.1, 0.15) is 0 Å². The van der Waals surface area contributed by atoms with Crippen LogP contribution in [0.5, 0.6) is 0 Å². The van der Waals surface area contributed by atoms with Crippen LogP contribution < -0.4 is 0 Å². The van der Waals surface area contributed by atoms with Crippen LogP contribution in [0.25, 0.3) is 82.5 Å². The van der Waals surface area contributed by atoms with E-state index >= 15 is 0 Å². The summed E-state index contributed by atoms with van der Waals surface area (Å²) in [6.07, 6.45) is 0. The molecular weight excluding hydrogens is 626 g/mol. The Balaban J connectivity index is 1.34. The summed E-state index contributed by atoms with van der Waals surface area (Å²) in [5.41, 5.74) is 10.6. The summed E-state index contributed by atoms with van der Waals surface area (Å²) >= 11 is 4.15. The van der Waals surface area contributed by atoms with Crippen molar-refractivity contribution < 1.29 is 0 Å². The Morgan fingerprint density at radius 2 is 0.783 bits per heavy atom. The number of halogens is 1. The molecule has 0 unspecified atom stereocenters. The first kappa shape index (κ1) is 25.7. The van der Waals surface area contributed by atoms with E-state index < -0.39 is 0 Å². The quantitative estimate of drug-likeness (QED) is 0.180. The smallest absolute Gasteiger partial charge is 0.0656 e. The van der Waals surface area contributed by atoms with Crippen molar-refractivity contribution >= 4 is 81.3 Å². The minimum absolute atomic E-state index is 1.05. The predicted molar refractivity (Wildman–Crippen MR) is 197 cm³/mol. The molecule has 10 aromatic rings. The Kier molecular flexibility index (Phi) is 5.43. The third kappa shape index (κ3) is 3.42. The molecule has 0 aliphatic heterocycles. The average Bonchev–Trinajstić information content (AvgIpc) is 3.75. The van der Waals surface area contributed by atoms with E-state index in [9.17, 15) is 0 Å². The molecule has 216 valence electrons. The van der Waals surface area contributed by atoms with Crippen LogP contribution in [0, 0.1) is 0 Å². The lowest BCUT2D eigenvalue weighted by molar-refractivity contribution is 1.12. The second-order valence-electron chi connectivity index (χ2n) is 11.9. The summed E-state index contributed by atoms with van der Waals surface area (Å²) in [5.74, 6) is 0. The zero-order valence-corrected chi connectivity index (χ0v) is 26.3. The number of hydrogen-bond acceptors (Lipinski definition) is 0. The normalized spacial score (nSPS) is 12.0. The average molecular weight is 653 g/mol. The van der Waals surface area contributed by atoms with Crippen LogP contribution in [-0.4, -0.2) is 13.7 Å². The fourth-order valence-electron chi connectivity index (χ4n) is 7.65. The zero-order valence-electron chi connectivity index (χ0n) is 24.7. The molecular formula is C42H26BrN3. The Bertz CT molecular complexity index is 2760. The number of rotatable bonds is 3. The molecule has 10 rings (SSSR count). The van der Waals surface area contributed by atoms with Gasteiger partial charge in [-0.3, -0.25) is 0 Å². The number of fused-ring (bicyclic) bond motifs is 10. The van der Waals surface area contributed by atoms with Crippen LogP contribution in [0.2, 0.25) is 0 Å². The van der Waals surface area contributed by atoms with E-state index in [0.717, 1.165) is 21.5 Å². The molecule has 0 saturated carbocycles. The van der Waals surface area contributed by atoms with E-state index in [0.29, 0.717) is 0 Å². The van der Waals surface area contributed by atoms with Crippen LogP contribution in [-0.2, 0) is 0 Å². The van der Waals surface area contributed by atoms with Gasteiger partial charge in [0.05, 0.1) is 48.9 Å². The highest BCUT2D eigenvalue weighted by molar-refractivity contribution is 9.10. The van der Waals surface area contributed by atoms with E-state index in [1.54, 1.807) is 0 Å². The molecule has 0 aliphatic rings. The Morgan fingerprint density at radius 1 is 0.326 bits per heavy atom. The summed E-state index contributed by atoms with van der Waals surface area (Å²) in [7, 11) is 0. The molecule has 0 fully saturated rings. The van der Waals surface area contributed by atoms with Gasteiger partial charge < -0.3 is 13.7 Å². The molecule has 7 aromatic carbocycles. The van der Waals surface area contributed by atoms with Crippen molar-refractivity contribution in [2.45, 2.75) is 0 Å². The van der Waals surface area contributed by atoms with Crippen LogP contribution in [0.4, 0.5) is 0 Å². The Labute approximate surface area is 273 Å². The van der Waals surface area contributed by atoms with E-state index in [1.165, 1.54) is 65.4 Å². The fourth-order valence-corrected chi connectivity index (χ4v) is 8.27. The number of hydrogen-bond donors (Lipinski definition) is 0. The molecule has 3 aromatic heterocycles. The van der Waals surface area contributed by atoms with Gasteiger partial charge in [-0.1, -0.05) is 103 Å². The minimum Gasteiger partial charge on any atom is -0.309 e. The van der Waals surface area contributed by atoms with Gasteiger partial charge in [0.2, 0.25) is 0 Å². The third-order valence-corrected chi connectivity index (χ3v) is 10.3. The molecule has 0 bridgehead atoms. The summed E-state index contributed by atoms with van der Waals surface area (Å²) in [4.78, 5) is 0. The minimum atomic E-state index is 1.05. The van der Waals surface area contributed by atoms with Crippen molar-refractivity contribution in [3.8, 4) is 17.1 Å². The highest BCUT2D eigenvalue weighted by Crippen LogP contribution is 2.44. The summed E-state index contributed by atoms with van der Waals surface area (Å²) in [5, 5.41) is 7.51. The molecule has 3 heterocycles. The van der Waals surface area contributed by atoms with E-state index in [2.05, 4.69) is 187 Å². The number of para-hydroxylation sites is 5. The lowest BCUT2D eigenvalue weighted by Gasteiger charge is -2.16. The number of nitrogens with zero attached hydrogens (tertiary/aromatic N) is 3. The summed E-state index contributed by atoms with van der Waals surface area (Å²) in [6.45, 7) is 0. The van der Waals surface area contributed by atoms with E-state index in [-0.39, 0.29) is 0 Å². The van der Waals surface area contributed by atoms with Crippen LogP contribution >= 0.6 is 15.9 Å². The Hall–Kier alpha value is -5.58. The molecule has 0 amide bonds. The van der Waals surface area contributed by atoms with Crippen molar-refractivity contribution in [3.63, 3.8) is 0 Å².